The van der Waals surface area contributed by atoms with Crippen LogP contribution in [-0.2, 0) is 9.84 Å². The lowest BCUT2D eigenvalue weighted by Gasteiger charge is -2.14. The monoisotopic (exact) mass is 308 g/mol. The Morgan fingerprint density at radius 1 is 1.28 bits per heavy atom. The van der Waals surface area contributed by atoms with Crippen LogP contribution in [0, 0.1) is 0 Å². The molecule has 0 aliphatic heterocycles. The average molecular weight is 309 g/mol. The van der Waals surface area contributed by atoms with Crippen LogP contribution in [0.15, 0.2) is 18.2 Å². The zero-order valence-corrected chi connectivity index (χ0v) is 12.4. The van der Waals surface area contributed by atoms with Crippen molar-refractivity contribution >= 4 is 38.8 Å². The Hall–Kier alpha value is -0.580. The van der Waals surface area contributed by atoms with E-state index in [1.165, 1.54) is 25.1 Å². The summed E-state index contributed by atoms with van der Waals surface area (Å²) in [7, 11) is -3.43. The van der Waals surface area contributed by atoms with Gasteiger partial charge in [0, 0.05) is 16.3 Å². The molecular formula is C12H14Cl2O3S. The van der Waals surface area contributed by atoms with Crippen molar-refractivity contribution in [3.05, 3.63) is 33.8 Å². The molecule has 0 spiro atoms. The zero-order valence-electron chi connectivity index (χ0n) is 10.1. The van der Waals surface area contributed by atoms with Gasteiger partial charge in [-0.2, -0.15) is 0 Å². The summed E-state index contributed by atoms with van der Waals surface area (Å²) in [5, 5.41) is -0.457. The smallest absolute Gasteiger partial charge is 0.182 e. The van der Waals surface area contributed by atoms with Crippen LogP contribution in [0.4, 0.5) is 0 Å². The predicted octanol–water partition coefficient (Wildman–Crippen LogP) is 3.39. The Morgan fingerprint density at radius 3 is 2.33 bits per heavy atom. The van der Waals surface area contributed by atoms with Gasteiger partial charge in [-0.05, 0) is 24.6 Å². The first kappa shape index (κ1) is 15.5. The molecular weight excluding hydrogens is 295 g/mol. The number of carbonyl (C=O) groups is 1. The molecule has 1 aromatic rings. The normalized spacial score (nSPS) is 13.3. The van der Waals surface area contributed by atoms with E-state index in [4.69, 9.17) is 23.2 Å². The fourth-order valence-electron chi connectivity index (χ4n) is 1.67. The van der Waals surface area contributed by atoms with Crippen molar-refractivity contribution < 1.29 is 13.2 Å². The minimum atomic E-state index is -3.43. The molecule has 0 aliphatic carbocycles. The molecule has 1 rings (SSSR count). The molecule has 0 N–H and O–H groups in total. The molecule has 0 fully saturated rings. The molecule has 18 heavy (non-hydrogen) atoms. The summed E-state index contributed by atoms with van der Waals surface area (Å²) in [6.07, 6.45) is 0.230. The van der Waals surface area contributed by atoms with Crippen molar-refractivity contribution in [3.8, 4) is 0 Å². The SMILES string of the molecule is CCC(C(=O)c1ccc(Cl)cc1Cl)S(=O)(=O)CC. The van der Waals surface area contributed by atoms with Crippen LogP contribution in [0.1, 0.15) is 30.6 Å². The molecule has 1 unspecified atom stereocenters. The maximum Gasteiger partial charge on any atom is 0.182 e. The first-order chi connectivity index (χ1) is 8.33. The van der Waals surface area contributed by atoms with Crippen molar-refractivity contribution in [2.75, 3.05) is 5.75 Å². The fraction of sp³-hybridized carbons (Fsp3) is 0.417. The largest absolute Gasteiger partial charge is 0.293 e. The lowest BCUT2D eigenvalue weighted by Crippen LogP contribution is -2.31. The lowest BCUT2D eigenvalue weighted by atomic mass is 10.1. The highest BCUT2D eigenvalue weighted by Crippen LogP contribution is 2.24. The summed E-state index contributed by atoms with van der Waals surface area (Å²) in [6, 6.07) is 4.41. The topological polar surface area (TPSA) is 51.2 Å². The van der Waals surface area contributed by atoms with E-state index >= 15 is 0 Å². The van der Waals surface area contributed by atoms with E-state index in [0.29, 0.717) is 5.02 Å². The highest BCUT2D eigenvalue weighted by atomic mass is 35.5. The number of hydrogen-bond donors (Lipinski definition) is 0. The zero-order chi connectivity index (χ0) is 13.9. The van der Waals surface area contributed by atoms with E-state index in [-0.39, 0.29) is 22.8 Å². The molecule has 0 radical (unpaired) electrons. The van der Waals surface area contributed by atoms with Crippen molar-refractivity contribution in [2.24, 2.45) is 0 Å². The van der Waals surface area contributed by atoms with Gasteiger partial charge < -0.3 is 0 Å². The van der Waals surface area contributed by atoms with Gasteiger partial charge in [0.15, 0.2) is 15.6 Å². The van der Waals surface area contributed by atoms with Crippen LogP contribution in [0.3, 0.4) is 0 Å². The molecule has 0 saturated carbocycles. The number of Topliss-reactive ketones (excluding diaryl/α,β-unsaturated/α-hetero) is 1. The second-order valence-electron chi connectivity index (χ2n) is 3.84. The molecule has 0 saturated heterocycles. The molecule has 0 aliphatic rings. The van der Waals surface area contributed by atoms with Gasteiger partial charge in [0.25, 0.3) is 0 Å². The van der Waals surface area contributed by atoms with E-state index in [1.807, 2.05) is 0 Å². The fourth-order valence-corrected chi connectivity index (χ4v) is 3.53. The molecule has 1 aromatic carbocycles. The summed E-state index contributed by atoms with van der Waals surface area (Å²) in [5.74, 6) is -0.538. The van der Waals surface area contributed by atoms with Crippen LogP contribution in [-0.4, -0.2) is 25.2 Å². The van der Waals surface area contributed by atoms with Crippen molar-refractivity contribution in [2.45, 2.75) is 25.5 Å². The highest BCUT2D eigenvalue weighted by molar-refractivity contribution is 7.92. The van der Waals surface area contributed by atoms with E-state index in [2.05, 4.69) is 0 Å². The Morgan fingerprint density at radius 2 is 1.89 bits per heavy atom. The van der Waals surface area contributed by atoms with Gasteiger partial charge >= 0.3 is 0 Å². The van der Waals surface area contributed by atoms with Crippen molar-refractivity contribution in [1.29, 1.82) is 0 Å². The summed E-state index contributed by atoms with van der Waals surface area (Å²) in [6.45, 7) is 3.19. The number of ketones is 1. The maximum absolute atomic E-state index is 12.2. The standard InChI is InChI=1S/C12H14Cl2O3S/c1-3-11(18(16,17)4-2)12(15)9-6-5-8(13)7-10(9)14/h5-7,11H,3-4H2,1-2H3. The summed E-state index contributed by atoms with van der Waals surface area (Å²) >= 11 is 11.7. The maximum atomic E-state index is 12.2. The molecule has 0 bridgehead atoms. The van der Waals surface area contributed by atoms with Gasteiger partial charge in [-0.15, -0.1) is 0 Å². The predicted molar refractivity (Wildman–Crippen MR) is 74.3 cm³/mol. The average Bonchev–Trinajstić information content (AvgIpc) is 2.29. The minimum Gasteiger partial charge on any atom is -0.293 e. The van der Waals surface area contributed by atoms with Gasteiger partial charge in [-0.1, -0.05) is 37.0 Å². The third kappa shape index (κ3) is 3.25. The van der Waals surface area contributed by atoms with E-state index in [1.54, 1.807) is 6.92 Å². The van der Waals surface area contributed by atoms with Gasteiger partial charge in [-0.3, -0.25) is 4.79 Å². The van der Waals surface area contributed by atoms with Gasteiger partial charge in [0.2, 0.25) is 0 Å². The van der Waals surface area contributed by atoms with E-state index in [9.17, 15) is 13.2 Å². The molecule has 0 aromatic heterocycles. The second kappa shape index (κ2) is 6.04. The molecule has 6 heteroatoms. The van der Waals surface area contributed by atoms with Gasteiger partial charge in [-0.25, -0.2) is 8.42 Å². The molecule has 3 nitrogen and oxygen atoms in total. The first-order valence-corrected chi connectivity index (χ1v) is 8.01. The number of benzene rings is 1. The Balaban J connectivity index is 3.20. The lowest BCUT2D eigenvalue weighted by molar-refractivity contribution is 0.0985. The Bertz CT molecular complexity index is 552. The van der Waals surface area contributed by atoms with Crippen LogP contribution >= 0.6 is 23.2 Å². The van der Waals surface area contributed by atoms with Crippen LogP contribution in [0.25, 0.3) is 0 Å². The summed E-state index contributed by atoms with van der Waals surface area (Å²) < 4.78 is 23.7. The number of hydrogen-bond acceptors (Lipinski definition) is 3. The van der Waals surface area contributed by atoms with Crippen LogP contribution < -0.4 is 0 Å². The Kier molecular flexibility index (Phi) is 5.20. The third-order valence-corrected chi connectivity index (χ3v) is 5.46. The highest BCUT2D eigenvalue weighted by Gasteiger charge is 2.31. The van der Waals surface area contributed by atoms with E-state index in [0.717, 1.165) is 0 Å². The first-order valence-electron chi connectivity index (χ1n) is 5.54. The number of sulfone groups is 1. The minimum absolute atomic E-state index is 0.0670. The summed E-state index contributed by atoms with van der Waals surface area (Å²) in [5.41, 5.74) is 0.199. The van der Waals surface area contributed by atoms with Gasteiger partial charge in [0.05, 0.1) is 5.02 Å². The summed E-state index contributed by atoms with van der Waals surface area (Å²) in [4.78, 5) is 12.2. The molecule has 1 atom stereocenters. The Labute approximate surface area is 117 Å². The van der Waals surface area contributed by atoms with Crippen LogP contribution in [0.5, 0.6) is 0 Å². The molecule has 0 amide bonds. The number of carbonyl (C=O) groups excluding carboxylic acids is 1. The van der Waals surface area contributed by atoms with Crippen molar-refractivity contribution in [1.82, 2.24) is 0 Å². The number of halogens is 2. The molecule has 0 heterocycles. The molecule has 100 valence electrons. The van der Waals surface area contributed by atoms with Crippen LogP contribution in [0.2, 0.25) is 10.0 Å². The number of rotatable bonds is 5. The van der Waals surface area contributed by atoms with E-state index < -0.39 is 20.9 Å². The third-order valence-electron chi connectivity index (χ3n) is 2.70. The second-order valence-corrected chi connectivity index (χ2v) is 7.15. The van der Waals surface area contributed by atoms with Gasteiger partial charge in [0.1, 0.15) is 5.25 Å². The quantitative estimate of drug-likeness (QED) is 0.783. The van der Waals surface area contributed by atoms with Crippen molar-refractivity contribution in [3.63, 3.8) is 0 Å².